The van der Waals surface area contributed by atoms with Crippen LogP contribution in [-0.2, 0) is 5.75 Å². The zero-order valence-corrected chi connectivity index (χ0v) is 12.1. The normalized spacial score (nSPS) is 10.8. The molecule has 2 N–H and O–H groups in total. The standard InChI is InChI=1S/C12H12F2N2O2S2/c1-17-9-4-7(2-3-8(9)18-11(13)14)6-19-10-5-16-12(15)20-10/h2-5,11H,6H2,1H3,(H2,15,16). The molecule has 0 saturated heterocycles. The summed E-state index contributed by atoms with van der Waals surface area (Å²) in [5, 5.41) is 0.519. The van der Waals surface area contributed by atoms with E-state index < -0.39 is 6.61 Å². The summed E-state index contributed by atoms with van der Waals surface area (Å²) in [5.41, 5.74) is 6.48. The van der Waals surface area contributed by atoms with Crippen molar-refractivity contribution >= 4 is 28.2 Å². The topological polar surface area (TPSA) is 57.4 Å². The average Bonchev–Trinajstić information content (AvgIpc) is 2.83. The fourth-order valence-corrected chi connectivity index (χ4v) is 3.19. The smallest absolute Gasteiger partial charge is 0.387 e. The summed E-state index contributed by atoms with van der Waals surface area (Å²) in [6.45, 7) is -2.87. The lowest BCUT2D eigenvalue weighted by molar-refractivity contribution is -0.0512. The van der Waals surface area contributed by atoms with E-state index in [1.165, 1.54) is 24.5 Å². The predicted octanol–water partition coefficient (Wildman–Crippen LogP) is 3.63. The van der Waals surface area contributed by atoms with Gasteiger partial charge in [-0.1, -0.05) is 17.4 Å². The Balaban J connectivity index is 2.05. The Morgan fingerprint density at radius 3 is 2.80 bits per heavy atom. The molecule has 8 heteroatoms. The minimum atomic E-state index is -2.87. The van der Waals surface area contributed by atoms with E-state index in [4.69, 9.17) is 10.5 Å². The molecule has 2 aromatic rings. The van der Waals surface area contributed by atoms with E-state index in [0.29, 0.717) is 10.9 Å². The summed E-state index contributed by atoms with van der Waals surface area (Å²) < 4.78 is 34.8. The number of benzene rings is 1. The third kappa shape index (κ3) is 3.97. The van der Waals surface area contributed by atoms with Crippen molar-refractivity contribution in [1.82, 2.24) is 4.98 Å². The number of halogens is 2. The number of nitrogen functional groups attached to an aromatic ring is 1. The Hall–Kier alpha value is -1.54. The van der Waals surface area contributed by atoms with Gasteiger partial charge in [-0.25, -0.2) is 4.98 Å². The molecule has 0 radical (unpaired) electrons. The fourth-order valence-electron chi connectivity index (χ4n) is 1.49. The van der Waals surface area contributed by atoms with E-state index in [0.717, 1.165) is 9.77 Å². The molecule has 0 spiro atoms. The summed E-state index contributed by atoms with van der Waals surface area (Å²) in [6, 6.07) is 4.87. The molecule has 1 heterocycles. The monoisotopic (exact) mass is 318 g/mol. The van der Waals surface area contributed by atoms with Crippen LogP contribution in [0.5, 0.6) is 11.5 Å². The van der Waals surface area contributed by atoms with Crippen molar-refractivity contribution in [2.45, 2.75) is 16.6 Å². The molecule has 0 unspecified atom stereocenters. The first kappa shape index (κ1) is 14.9. The Kier molecular flexibility index (Phi) is 5.02. The summed E-state index contributed by atoms with van der Waals surface area (Å²) in [4.78, 5) is 3.96. The molecule has 1 aromatic carbocycles. The minimum absolute atomic E-state index is 0.0262. The van der Waals surface area contributed by atoms with Gasteiger partial charge in [0.25, 0.3) is 0 Å². The maximum absolute atomic E-state index is 12.2. The lowest BCUT2D eigenvalue weighted by Gasteiger charge is -2.11. The molecule has 1 aromatic heterocycles. The number of thiazole rings is 1. The number of thioether (sulfide) groups is 1. The molecule has 108 valence electrons. The SMILES string of the molecule is COc1cc(CSc2cnc(N)s2)ccc1OC(F)F. The molecular weight excluding hydrogens is 306 g/mol. The van der Waals surface area contributed by atoms with E-state index in [9.17, 15) is 8.78 Å². The highest BCUT2D eigenvalue weighted by molar-refractivity contribution is 8.00. The number of nitrogens with two attached hydrogens (primary N) is 1. The van der Waals surface area contributed by atoms with Gasteiger partial charge in [0, 0.05) is 5.75 Å². The van der Waals surface area contributed by atoms with Crippen LogP contribution in [0.2, 0.25) is 0 Å². The van der Waals surface area contributed by atoms with Gasteiger partial charge in [-0.2, -0.15) is 8.78 Å². The first-order chi connectivity index (χ1) is 9.58. The number of alkyl halides is 2. The first-order valence-corrected chi connectivity index (χ1v) is 7.34. The highest BCUT2D eigenvalue weighted by Crippen LogP contribution is 2.33. The van der Waals surface area contributed by atoms with Gasteiger partial charge >= 0.3 is 6.61 Å². The Labute approximate surface area is 122 Å². The fraction of sp³-hybridized carbons (Fsp3) is 0.250. The molecule has 0 bridgehead atoms. The van der Waals surface area contributed by atoms with E-state index in [1.807, 2.05) is 0 Å². The van der Waals surface area contributed by atoms with Crippen LogP contribution < -0.4 is 15.2 Å². The van der Waals surface area contributed by atoms with E-state index in [-0.39, 0.29) is 11.5 Å². The molecule has 0 aliphatic rings. The van der Waals surface area contributed by atoms with E-state index >= 15 is 0 Å². The number of anilines is 1. The maximum atomic E-state index is 12.2. The van der Waals surface area contributed by atoms with Gasteiger partial charge in [-0.15, -0.1) is 11.8 Å². The van der Waals surface area contributed by atoms with Crippen molar-refractivity contribution in [3.63, 3.8) is 0 Å². The summed E-state index contributed by atoms with van der Waals surface area (Å²) in [5.74, 6) is 0.970. The Bertz CT molecular complexity index is 578. The minimum Gasteiger partial charge on any atom is -0.493 e. The van der Waals surface area contributed by atoms with Gasteiger partial charge in [0.15, 0.2) is 16.6 Å². The van der Waals surface area contributed by atoms with Crippen LogP contribution in [0.3, 0.4) is 0 Å². The first-order valence-electron chi connectivity index (χ1n) is 5.54. The van der Waals surface area contributed by atoms with Crippen molar-refractivity contribution in [3.8, 4) is 11.5 Å². The number of nitrogens with zero attached hydrogens (tertiary/aromatic N) is 1. The van der Waals surface area contributed by atoms with Crippen molar-refractivity contribution < 1.29 is 18.3 Å². The molecule has 0 aliphatic heterocycles. The zero-order valence-electron chi connectivity index (χ0n) is 10.5. The molecule has 0 saturated carbocycles. The zero-order chi connectivity index (χ0) is 14.5. The number of ether oxygens (including phenoxy) is 2. The Morgan fingerprint density at radius 2 is 2.20 bits per heavy atom. The molecule has 20 heavy (non-hydrogen) atoms. The van der Waals surface area contributed by atoms with Crippen molar-refractivity contribution in [2.24, 2.45) is 0 Å². The third-order valence-corrected chi connectivity index (χ3v) is 4.42. The van der Waals surface area contributed by atoms with Gasteiger partial charge in [0.05, 0.1) is 17.5 Å². The molecule has 0 atom stereocenters. The second-order valence-corrected chi connectivity index (χ2v) is 6.01. The number of hydrogen-bond donors (Lipinski definition) is 1. The summed E-state index contributed by atoms with van der Waals surface area (Å²) in [7, 11) is 1.41. The van der Waals surface area contributed by atoms with Crippen LogP contribution >= 0.6 is 23.1 Å². The van der Waals surface area contributed by atoms with Crippen molar-refractivity contribution in [2.75, 3.05) is 12.8 Å². The van der Waals surface area contributed by atoms with Crippen LogP contribution in [0.4, 0.5) is 13.9 Å². The number of hydrogen-bond acceptors (Lipinski definition) is 6. The number of methoxy groups -OCH3 is 1. The van der Waals surface area contributed by atoms with Gasteiger partial charge < -0.3 is 15.2 Å². The lowest BCUT2D eigenvalue weighted by Crippen LogP contribution is -2.03. The molecule has 0 fully saturated rings. The van der Waals surface area contributed by atoms with E-state index in [2.05, 4.69) is 9.72 Å². The maximum Gasteiger partial charge on any atom is 0.387 e. The largest absolute Gasteiger partial charge is 0.493 e. The Morgan fingerprint density at radius 1 is 1.40 bits per heavy atom. The molecule has 0 aliphatic carbocycles. The lowest BCUT2D eigenvalue weighted by atomic mass is 10.2. The summed E-state index contributed by atoms with van der Waals surface area (Å²) in [6.07, 6.45) is 1.70. The quantitative estimate of drug-likeness (QED) is 0.824. The number of aromatic nitrogens is 1. The third-order valence-electron chi connectivity index (χ3n) is 2.33. The highest BCUT2D eigenvalue weighted by atomic mass is 32.2. The molecule has 0 amide bonds. The van der Waals surface area contributed by atoms with Crippen molar-refractivity contribution in [1.29, 1.82) is 0 Å². The van der Waals surface area contributed by atoms with E-state index in [1.54, 1.807) is 30.1 Å². The second kappa shape index (κ2) is 6.76. The number of rotatable bonds is 6. The second-order valence-electron chi connectivity index (χ2n) is 3.67. The van der Waals surface area contributed by atoms with Crippen molar-refractivity contribution in [3.05, 3.63) is 30.0 Å². The highest BCUT2D eigenvalue weighted by Gasteiger charge is 2.11. The van der Waals surface area contributed by atoms with Gasteiger partial charge in [-0.05, 0) is 17.7 Å². The van der Waals surface area contributed by atoms with Crippen LogP contribution in [0.1, 0.15) is 5.56 Å². The van der Waals surface area contributed by atoms with Gasteiger partial charge in [0.1, 0.15) is 0 Å². The van der Waals surface area contributed by atoms with Gasteiger partial charge in [0.2, 0.25) is 0 Å². The van der Waals surface area contributed by atoms with Crippen LogP contribution in [-0.4, -0.2) is 18.7 Å². The van der Waals surface area contributed by atoms with Gasteiger partial charge in [-0.3, -0.25) is 0 Å². The predicted molar refractivity (Wildman–Crippen MR) is 75.7 cm³/mol. The molecule has 4 nitrogen and oxygen atoms in total. The summed E-state index contributed by atoms with van der Waals surface area (Å²) >= 11 is 2.97. The molecule has 2 rings (SSSR count). The average molecular weight is 318 g/mol. The van der Waals surface area contributed by atoms with Crippen LogP contribution in [0, 0.1) is 0 Å². The van der Waals surface area contributed by atoms with Crippen LogP contribution in [0.15, 0.2) is 28.6 Å². The molecular formula is C12H12F2N2O2S2. The van der Waals surface area contributed by atoms with Crippen LogP contribution in [0.25, 0.3) is 0 Å².